The van der Waals surface area contributed by atoms with Crippen LogP contribution >= 0.6 is 11.8 Å². The third kappa shape index (κ3) is 17.7. The van der Waals surface area contributed by atoms with Crippen LogP contribution < -0.4 is 0 Å². The van der Waals surface area contributed by atoms with E-state index < -0.39 is 63.0 Å². The molecule has 0 bridgehead atoms. The molecule has 0 aromatic rings. The molecular weight excluding hydrogens is 943 g/mol. The summed E-state index contributed by atoms with van der Waals surface area (Å²) in [7, 11) is 4.73. The Bertz CT molecular complexity index is 1860. The van der Waals surface area contributed by atoms with Gasteiger partial charge in [0.1, 0.15) is 18.8 Å². The van der Waals surface area contributed by atoms with E-state index >= 15 is 0 Å². The largest absolute Gasteiger partial charge is 0.462 e. The first-order valence-electron chi connectivity index (χ1n) is 24.4. The number of carbonyl (C=O) groups is 6. The van der Waals surface area contributed by atoms with Crippen LogP contribution in [-0.4, -0.2) is 153 Å². The number of aliphatic imine (C=N–C) groups is 1. The van der Waals surface area contributed by atoms with Gasteiger partial charge in [0.2, 0.25) is 17.9 Å². The number of likely N-dealkylation sites (N-methyl/N-ethyl adjacent to an activating group) is 1. The highest BCUT2D eigenvalue weighted by atomic mass is 32.2. The lowest BCUT2D eigenvalue weighted by Gasteiger charge is -2.48. The summed E-state index contributed by atoms with van der Waals surface area (Å²) in [5, 5.41) is 0. The van der Waals surface area contributed by atoms with Gasteiger partial charge in [-0.15, -0.1) is 0 Å². The van der Waals surface area contributed by atoms with Crippen molar-refractivity contribution in [3.05, 3.63) is 12.3 Å². The van der Waals surface area contributed by atoms with Gasteiger partial charge in [-0.2, -0.15) is 11.8 Å². The van der Waals surface area contributed by atoms with Crippen LogP contribution in [0.5, 0.6) is 0 Å². The summed E-state index contributed by atoms with van der Waals surface area (Å²) in [6.45, 7) is 38.0. The molecule has 0 aliphatic carbocycles. The number of nitrogens with zero attached hydrogens (tertiary/aromatic N) is 3. The van der Waals surface area contributed by atoms with Crippen molar-refractivity contribution in [2.75, 3.05) is 59.3 Å². The molecule has 0 saturated carbocycles. The number of carbonyl (C=O) groups excluding carboxylic acids is 6. The van der Waals surface area contributed by atoms with Crippen molar-refractivity contribution >= 4 is 53.5 Å². The first-order valence-corrected chi connectivity index (χ1v) is 25.6. The number of urea groups is 1. The van der Waals surface area contributed by atoms with Crippen molar-refractivity contribution in [1.82, 2.24) is 9.80 Å². The van der Waals surface area contributed by atoms with Crippen LogP contribution in [0, 0.1) is 21.7 Å². The topological polar surface area (TPSA) is 214 Å². The number of methoxy groups -OCH3 is 2. The second-order valence-corrected chi connectivity index (χ2v) is 22.3. The van der Waals surface area contributed by atoms with Crippen molar-refractivity contribution in [3.8, 4) is 0 Å². The smallest absolute Gasteiger partial charge is 0.341 e. The summed E-state index contributed by atoms with van der Waals surface area (Å²) in [5.74, 6) is -1.49. The molecule has 4 aliphatic rings. The first kappa shape index (κ1) is 65.2. The Morgan fingerprint density at radius 2 is 1.30 bits per heavy atom. The zero-order valence-corrected chi connectivity index (χ0v) is 47.7. The van der Waals surface area contributed by atoms with Crippen molar-refractivity contribution in [2.24, 2.45) is 26.7 Å². The van der Waals surface area contributed by atoms with Gasteiger partial charge in [0, 0.05) is 39.6 Å². The van der Waals surface area contributed by atoms with E-state index in [0.29, 0.717) is 37.5 Å². The SMILES string of the molecule is C=C1N(C)C(=O)N(COC(=O)C(C)(C)CC)C1(C)C.CCC(C)(C)C(=O)OC(C)C1N=C(C)OC1=O.CCC(C)(C)C(=O)OC1CSCCO1.CCC(C)(C)C(=O)OCC1COC(C)(OC)C(C)(OC)O1. The highest BCUT2D eigenvalue weighted by molar-refractivity contribution is 7.99. The molecule has 19 nitrogen and oxygen atoms in total. The van der Waals surface area contributed by atoms with E-state index in [2.05, 4.69) is 11.6 Å². The van der Waals surface area contributed by atoms with E-state index in [1.807, 2.05) is 96.9 Å². The van der Waals surface area contributed by atoms with Crippen molar-refractivity contribution in [3.63, 3.8) is 0 Å². The number of thioether (sulfide) groups is 1. The fourth-order valence-corrected chi connectivity index (χ4v) is 6.70. The normalized spacial score (nSPS) is 24.9. The van der Waals surface area contributed by atoms with Crippen LogP contribution in [0.1, 0.15) is 150 Å². The number of rotatable bonds is 17. The van der Waals surface area contributed by atoms with Crippen LogP contribution in [0.3, 0.4) is 0 Å². The maximum absolute atomic E-state index is 12.1. The van der Waals surface area contributed by atoms with E-state index in [9.17, 15) is 28.8 Å². The molecule has 0 aromatic heterocycles. The average Bonchev–Trinajstić information content (AvgIpc) is 3.74. The van der Waals surface area contributed by atoms with Gasteiger partial charge in [-0.3, -0.25) is 29.0 Å². The minimum absolute atomic E-state index is 0.0442. The number of cyclic esters (lactones) is 1. The Morgan fingerprint density at radius 3 is 1.72 bits per heavy atom. The Morgan fingerprint density at radius 1 is 0.803 bits per heavy atom. The molecule has 6 atom stereocenters. The van der Waals surface area contributed by atoms with Crippen LogP contribution in [0.15, 0.2) is 17.3 Å². The van der Waals surface area contributed by atoms with Crippen LogP contribution in [0.2, 0.25) is 0 Å². The standard InChI is InChI=1S/C15H28O6.C14H24N2O3.C12H19NO4.C10H18O3S/c1-8-13(2,3)12(16)19-9-11-10-20-14(4,17-6)15(5,18-7)21-11;1-8-13(3,4)11(17)19-9-16-12(18)15(7)10(2)14(16,5)6;1-6-12(4,5)11(15)16-7(2)9-10(14)17-8(3)13-9;1-4-10(2,3)9(11)13-8-7-14-6-5-12-8/h11H,8-10H2,1-7H3;2,8-9H2,1,3-7H3;7,9H,6H2,1-5H3;8H,4-7H2,1-3H3. The Hall–Kier alpha value is -3.82. The summed E-state index contributed by atoms with van der Waals surface area (Å²) in [4.78, 5) is 77.9. The molecule has 0 radical (unpaired) electrons. The van der Waals surface area contributed by atoms with Crippen LogP contribution in [0.25, 0.3) is 0 Å². The predicted molar refractivity (Wildman–Crippen MR) is 270 cm³/mol. The zero-order valence-electron chi connectivity index (χ0n) is 46.9. The highest BCUT2D eigenvalue weighted by Crippen LogP contribution is 2.37. The number of hydrogen-bond acceptors (Lipinski definition) is 18. The quantitative estimate of drug-likeness (QED) is 0.0987. The van der Waals surface area contributed by atoms with Gasteiger partial charge in [0.25, 0.3) is 0 Å². The van der Waals surface area contributed by atoms with Gasteiger partial charge in [-0.05, 0) is 116 Å². The third-order valence-electron chi connectivity index (χ3n) is 13.9. The molecule has 4 aliphatic heterocycles. The average molecular weight is 1030 g/mol. The van der Waals surface area contributed by atoms with E-state index in [4.69, 9.17) is 47.4 Å². The molecule has 0 aromatic carbocycles. The molecule has 6 unspecified atom stereocenters. The fourth-order valence-electron chi connectivity index (χ4n) is 5.96. The minimum atomic E-state index is -1.07. The molecule has 4 heterocycles. The summed E-state index contributed by atoms with van der Waals surface area (Å²) in [5.41, 5.74) is -1.82. The zero-order chi connectivity index (χ0) is 55.1. The van der Waals surface area contributed by atoms with Gasteiger partial charge in [-0.1, -0.05) is 34.3 Å². The summed E-state index contributed by atoms with van der Waals surface area (Å²) in [6.07, 6.45) is 1.53. The molecule has 410 valence electrons. The molecule has 0 N–H and O–H groups in total. The minimum Gasteiger partial charge on any atom is -0.462 e. The molecule has 20 heteroatoms. The van der Waals surface area contributed by atoms with Gasteiger partial charge in [-0.25, -0.2) is 14.6 Å². The van der Waals surface area contributed by atoms with Gasteiger partial charge in [0.15, 0.2) is 18.7 Å². The van der Waals surface area contributed by atoms with E-state index in [-0.39, 0.29) is 56.1 Å². The Kier molecular flexibility index (Phi) is 24.7. The lowest BCUT2D eigenvalue weighted by atomic mass is 9.90. The summed E-state index contributed by atoms with van der Waals surface area (Å²) in [6, 6.07) is -0.927. The van der Waals surface area contributed by atoms with Crippen LogP contribution in [-0.2, 0) is 71.3 Å². The fraction of sp³-hybridized carbons (Fsp3) is 0.824. The Labute approximate surface area is 428 Å². The molecule has 71 heavy (non-hydrogen) atoms. The lowest BCUT2D eigenvalue weighted by Crippen LogP contribution is -2.63. The van der Waals surface area contributed by atoms with Gasteiger partial charge < -0.3 is 47.4 Å². The molecule has 2 amide bonds. The van der Waals surface area contributed by atoms with Crippen molar-refractivity contribution in [1.29, 1.82) is 0 Å². The predicted octanol–water partition coefficient (Wildman–Crippen LogP) is 8.44. The summed E-state index contributed by atoms with van der Waals surface area (Å²) < 4.78 is 53.6. The van der Waals surface area contributed by atoms with E-state index in [0.717, 1.165) is 17.9 Å². The van der Waals surface area contributed by atoms with E-state index in [1.165, 1.54) is 24.0 Å². The second kappa shape index (κ2) is 26.9. The molecule has 4 rings (SSSR count). The second-order valence-electron chi connectivity index (χ2n) is 21.1. The molecule has 3 fully saturated rings. The monoisotopic (exact) mass is 1030 g/mol. The Balaban J connectivity index is 0.000000478. The first-order chi connectivity index (χ1) is 32.5. The summed E-state index contributed by atoms with van der Waals surface area (Å²) >= 11 is 1.76. The molecular formula is C51H89N3O16S. The number of esters is 5. The van der Waals surface area contributed by atoms with Crippen molar-refractivity contribution < 1.29 is 76.1 Å². The highest BCUT2D eigenvalue weighted by Gasteiger charge is 2.54. The van der Waals surface area contributed by atoms with E-state index in [1.54, 1.807) is 46.5 Å². The van der Waals surface area contributed by atoms with Crippen LogP contribution in [0.4, 0.5) is 4.79 Å². The van der Waals surface area contributed by atoms with Gasteiger partial charge in [0.05, 0.1) is 46.2 Å². The number of hydrogen-bond donors (Lipinski definition) is 0. The molecule has 0 spiro atoms. The maximum Gasteiger partial charge on any atom is 0.341 e. The molecule has 3 saturated heterocycles. The number of amides is 2. The van der Waals surface area contributed by atoms with Crippen molar-refractivity contribution in [2.45, 2.75) is 192 Å². The number of ether oxygens (including phenoxy) is 10. The third-order valence-corrected chi connectivity index (χ3v) is 14.9. The lowest BCUT2D eigenvalue weighted by molar-refractivity contribution is -0.432. The maximum atomic E-state index is 12.1. The van der Waals surface area contributed by atoms with Gasteiger partial charge >= 0.3 is 35.9 Å².